The van der Waals surface area contributed by atoms with Crippen molar-refractivity contribution in [3.63, 3.8) is 0 Å². The Morgan fingerprint density at radius 3 is 2.52 bits per heavy atom. The number of amides is 2. The molecule has 1 unspecified atom stereocenters. The van der Waals surface area contributed by atoms with Gasteiger partial charge in [0.1, 0.15) is 5.75 Å². The van der Waals surface area contributed by atoms with Crippen molar-refractivity contribution in [2.75, 3.05) is 18.5 Å². The number of aliphatic hydroxyl groups is 1. The van der Waals surface area contributed by atoms with E-state index in [4.69, 9.17) is 16.3 Å². The van der Waals surface area contributed by atoms with Crippen LogP contribution in [0, 0.1) is 0 Å². The molecule has 6 heteroatoms. The predicted octanol–water partition coefficient (Wildman–Crippen LogP) is 4.80. The molecule has 0 bridgehead atoms. The number of aliphatic hydroxyl groups excluding tert-OH is 1. The number of fused-ring (bicyclic) bond motifs is 1. The van der Waals surface area contributed by atoms with Gasteiger partial charge in [0, 0.05) is 18.5 Å². The molecule has 29 heavy (non-hydrogen) atoms. The largest absolute Gasteiger partial charge is 0.493 e. The maximum Gasteiger partial charge on any atom is 0.319 e. The third-order valence-electron chi connectivity index (χ3n) is 4.93. The average molecular weight is 409 g/mol. The van der Waals surface area contributed by atoms with Gasteiger partial charge in [0.15, 0.2) is 0 Å². The Balaban J connectivity index is 1.36. The lowest BCUT2D eigenvalue weighted by molar-refractivity contribution is 0.175. The highest BCUT2D eigenvalue weighted by Gasteiger charge is 2.20. The smallest absolute Gasteiger partial charge is 0.319 e. The van der Waals surface area contributed by atoms with Gasteiger partial charge in [0.05, 0.1) is 23.4 Å². The molecule has 148 valence electrons. The molecular weight excluding hydrogens is 388 g/mol. The lowest BCUT2D eigenvalue weighted by Crippen LogP contribution is -2.32. The number of carbonyl (C=O) groups excluding carboxylic acids is 1. The fraction of sp³-hybridized carbons (Fsp3) is 0.174. The van der Waals surface area contributed by atoms with Crippen molar-refractivity contribution in [1.82, 2.24) is 5.32 Å². The number of rotatable bonds is 5. The van der Waals surface area contributed by atoms with Crippen molar-refractivity contribution in [2.24, 2.45) is 0 Å². The Kier molecular flexibility index (Phi) is 5.69. The van der Waals surface area contributed by atoms with E-state index in [1.165, 1.54) is 0 Å². The molecule has 0 spiro atoms. The summed E-state index contributed by atoms with van der Waals surface area (Å²) in [5.74, 6) is 0.739. The number of hydrogen-bond donors (Lipinski definition) is 3. The quantitative estimate of drug-likeness (QED) is 0.568. The Bertz CT molecular complexity index is 1010. The van der Waals surface area contributed by atoms with Gasteiger partial charge in [-0.25, -0.2) is 4.79 Å². The molecule has 3 aromatic rings. The maximum absolute atomic E-state index is 12.3. The summed E-state index contributed by atoms with van der Waals surface area (Å²) in [6.45, 7) is 0.656. The molecule has 3 aromatic carbocycles. The van der Waals surface area contributed by atoms with Crippen molar-refractivity contribution in [2.45, 2.75) is 12.5 Å². The van der Waals surface area contributed by atoms with Crippen molar-refractivity contribution in [3.8, 4) is 16.9 Å². The summed E-state index contributed by atoms with van der Waals surface area (Å²) in [6, 6.07) is 20.7. The Morgan fingerprint density at radius 2 is 1.76 bits per heavy atom. The molecule has 3 N–H and O–H groups in total. The zero-order chi connectivity index (χ0) is 20.2. The number of anilines is 1. The van der Waals surface area contributed by atoms with E-state index in [1.54, 1.807) is 12.1 Å². The van der Waals surface area contributed by atoms with Crippen LogP contribution in [0.2, 0.25) is 5.02 Å². The first-order chi connectivity index (χ1) is 14.1. The summed E-state index contributed by atoms with van der Waals surface area (Å²) in [7, 11) is 0. The SMILES string of the molecule is O=C(NCC(O)c1ccc(-c2ccccc2)cc1)Nc1c(Cl)ccc2c1CCO2. The standard InChI is InChI=1S/C23H21ClN2O3/c24-19-10-11-21-18(12-13-29-21)22(19)26-23(28)25-14-20(27)17-8-6-16(7-9-17)15-4-2-1-3-5-15/h1-11,20,27H,12-14H2,(H2,25,26,28). The van der Waals surface area contributed by atoms with Gasteiger partial charge >= 0.3 is 6.03 Å². The van der Waals surface area contributed by atoms with E-state index < -0.39 is 12.1 Å². The van der Waals surface area contributed by atoms with Crippen LogP contribution in [0.5, 0.6) is 5.75 Å². The fourth-order valence-corrected chi connectivity index (χ4v) is 3.60. The Hall–Kier alpha value is -3.02. The summed E-state index contributed by atoms with van der Waals surface area (Å²) in [6.07, 6.45) is -0.118. The monoisotopic (exact) mass is 408 g/mol. The molecule has 1 aliphatic heterocycles. The molecule has 1 heterocycles. The second kappa shape index (κ2) is 8.55. The van der Waals surface area contributed by atoms with Crippen LogP contribution in [0.15, 0.2) is 66.7 Å². The molecule has 0 aromatic heterocycles. The second-order valence-corrected chi connectivity index (χ2v) is 7.24. The van der Waals surface area contributed by atoms with Gasteiger partial charge in [-0.15, -0.1) is 0 Å². The number of hydrogen-bond acceptors (Lipinski definition) is 3. The number of nitrogens with one attached hydrogen (secondary N) is 2. The maximum atomic E-state index is 12.3. The van der Waals surface area contributed by atoms with Crippen LogP contribution in [0.25, 0.3) is 11.1 Å². The molecule has 2 amide bonds. The predicted molar refractivity (Wildman–Crippen MR) is 115 cm³/mol. The van der Waals surface area contributed by atoms with Gasteiger partial charge in [-0.3, -0.25) is 0 Å². The number of ether oxygens (including phenoxy) is 1. The van der Waals surface area contributed by atoms with Crippen molar-refractivity contribution >= 4 is 23.3 Å². The van der Waals surface area contributed by atoms with Gasteiger partial charge in [-0.05, 0) is 28.8 Å². The summed E-state index contributed by atoms with van der Waals surface area (Å²) in [5.41, 5.74) is 4.37. The first-order valence-electron chi connectivity index (χ1n) is 9.44. The van der Waals surface area contributed by atoms with Crippen LogP contribution in [0.1, 0.15) is 17.2 Å². The van der Waals surface area contributed by atoms with E-state index in [2.05, 4.69) is 10.6 Å². The highest BCUT2D eigenvalue weighted by atomic mass is 35.5. The third-order valence-corrected chi connectivity index (χ3v) is 5.24. The molecule has 4 rings (SSSR count). The summed E-state index contributed by atoms with van der Waals surface area (Å²) < 4.78 is 5.50. The molecule has 0 aliphatic carbocycles. The van der Waals surface area contributed by atoms with Crippen molar-refractivity contribution in [3.05, 3.63) is 82.9 Å². The van der Waals surface area contributed by atoms with E-state index in [9.17, 15) is 9.90 Å². The molecular formula is C23H21ClN2O3. The zero-order valence-electron chi connectivity index (χ0n) is 15.7. The van der Waals surface area contributed by atoms with Crippen LogP contribution in [0.4, 0.5) is 10.5 Å². The molecule has 1 aliphatic rings. The Labute approximate surface area is 174 Å². The minimum absolute atomic E-state index is 0.0830. The fourth-order valence-electron chi connectivity index (χ4n) is 3.38. The van der Waals surface area contributed by atoms with Gasteiger partial charge in [0.25, 0.3) is 0 Å². The average Bonchev–Trinajstić information content (AvgIpc) is 3.24. The molecule has 0 fully saturated rings. The van der Waals surface area contributed by atoms with Crippen LogP contribution in [-0.4, -0.2) is 24.3 Å². The third kappa shape index (κ3) is 4.36. The molecule has 0 radical (unpaired) electrons. The van der Waals surface area contributed by atoms with Gasteiger partial charge in [-0.1, -0.05) is 66.2 Å². The minimum atomic E-state index is -0.814. The van der Waals surface area contributed by atoms with Gasteiger partial charge < -0.3 is 20.5 Å². The van der Waals surface area contributed by atoms with E-state index in [-0.39, 0.29) is 6.54 Å². The number of carbonyl (C=O) groups is 1. The molecule has 1 atom stereocenters. The van der Waals surface area contributed by atoms with Crippen LogP contribution < -0.4 is 15.4 Å². The lowest BCUT2D eigenvalue weighted by atomic mass is 10.0. The first kappa shape index (κ1) is 19.3. The zero-order valence-corrected chi connectivity index (χ0v) is 16.4. The van der Waals surface area contributed by atoms with Crippen LogP contribution >= 0.6 is 11.6 Å². The van der Waals surface area contributed by atoms with E-state index in [1.807, 2.05) is 54.6 Å². The topological polar surface area (TPSA) is 70.6 Å². The van der Waals surface area contributed by atoms with Gasteiger partial charge in [-0.2, -0.15) is 0 Å². The summed E-state index contributed by atoms with van der Waals surface area (Å²) in [4.78, 5) is 12.3. The number of halogens is 1. The van der Waals surface area contributed by atoms with E-state index in [0.29, 0.717) is 23.7 Å². The number of urea groups is 1. The van der Waals surface area contributed by atoms with Crippen molar-refractivity contribution in [1.29, 1.82) is 0 Å². The summed E-state index contributed by atoms with van der Waals surface area (Å²) in [5, 5.41) is 16.3. The normalized spacial score (nSPS) is 13.3. The van der Waals surface area contributed by atoms with E-state index in [0.717, 1.165) is 28.0 Å². The van der Waals surface area contributed by atoms with Crippen LogP contribution in [0.3, 0.4) is 0 Å². The lowest BCUT2D eigenvalue weighted by Gasteiger charge is -2.15. The Morgan fingerprint density at radius 1 is 1.03 bits per heavy atom. The highest BCUT2D eigenvalue weighted by molar-refractivity contribution is 6.34. The molecule has 0 saturated heterocycles. The second-order valence-electron chi connectivity index (χ2n) is 6.84. The highest BCUT2D eigenvalue weighted by Crippen LogP contribution is 2.37. The number of benzene rings is 3. The van der Waals surface area contributed by atoms with Gasteiger partial charge in [0.2, 0.25) is 0 Å². The first-order valence-corrected chi connectivity index (χ1v) is 9.82. The summed E-state index contributed by atoms with van der Waals surface area (Å²) >= 11 is 6.23. The van der Waals surface area contributed by atoms with Crippen LogP contribution in [-0.2, 0) is 6.42 Å². The minimum Gasteiger partial charge on any atom is -0.493 e. The van der Waals surface area contributed by atoms with E-state index >= 15 is 0 Å². The molecule has 0 saturated carbocycles. The molecule has 5 nitrogen and oxygen atoms in total. The van der Waals surface area contributed by atoms with Crippen molar-refractivity contribution < 1.29 is 14.6 Å².